The Hall–Kier alpha value is -1.63. The lowest BCUT2D eigenvalue weighted by Crippen LogP contribution is -2.49. The number of benzene rings is 1. The maximum Gasteiger partial charge on any atom is 0.305 e. The molecule has 0 radical (unpaired) electrons. The Labute approximate surface area is 134 Å². The molecule has 0 saturated carbocycles. The van der Waals surface area contributed by atoms with Crippen LogP contribution in [0.1, 0.15) is 12.0 Å². The van der Waals surface area contributed by atoms with Gasteiger partial charge in [-0.1, -0.05) is 23.7 Å². The summed E-state index contributed by atoms with van der Waals surface area (Å²) in [6, 6.07) is 5.78. The van der Waals surface area contributed by atoms with Gasteiger partial charge >= 0.3 is 5.97 Å². The molecule has 0 aliphatic heterocycles. The van der Waals surface area contributed by atoms with Crippen molar-refractivity contribution in [1.82, 2.24) is 4.90 Å². The van der Waals surface area contributed by atoms with E-state index in [-0.39, 0.29) is 18.9 Å². The number of aliphatic carboxylic acids is 1. The highest BCUT2D eigenvalue weighted by atomic mass is 35.5. The van der Waals surface area contributed by atoms with Crippen molar-refractivity contribution in [2.45, 2.75) is 24.9 Å². The Morgan fingerprint density at radius 3 is 2.45 bits per heavy atom. The lowest BCUT2D eigenvalue weighted by Gasteiger charge is -2.29. The third-order valence-electron chi connectivity index (χ3n) is 3.35. The number of carboxylic acids is 1. The Morgan fingerprint density at radius 2 is 1.95 bits per heavy atom. The first kappa shape index (κ1) is 18.4. The fraction of sp³-hybridized carbons (Fsp3) is 0.467. The van der Waals surface area contributed by atoms with Crippen molar-refractivity contribution in [3.8, 4) is 0 Å². The molecule has 0 heterocycles. The topological polar surface area (TPSA) is 92.9 Å². The summed E-state index contributed by atoms with van der Waals surface area (Å²) in [6.45, 7) is 0.0872. The van der Waals surface area contributed by atoms with Crippen LogP contribution in [0.15, 0.2) is 24.3 Å². The average Bonchev–Trinajstić information content (AvgIpc) is 2.47. The summed E-state index contributed by atoms with van der Waals surface area (Å²) in [5.41, 5.74) is 6.63. The van der Waals surface area contributed by atoms with Gasteiger partial charge in [0.2, 0.25) is 5.91 Å². The summed E-state index contributed by atoms with van der Waals surface area (Å²) in [5, 5.41) is 9.67. The normalized spacial score (nSPS) is 13.5. The quantitative estimate of drug-likeness (QED) is 0.747. The van der Waals surface area contributed by atoms with Crippen molar-refractivity contribution in [1.29, 1.82) is 0 Å². The van der Waals surface area contributed by atoms with Crippen molar-refractivity contribution < 1.29 is 19.4 Å². The molecule has 1 amide bonds. The maximum atomic E-state index is 12.2. The van der Waals surface area contributed by atoms with Crippen LogP contribution in [0.2, 0.25) is 5.02 Å². The minimum atomic E-state index is -0.973. The van der Waals surface area contributed by atoms with E-state index in [1.807, 2.05) is 12.1 Å². The largest absolute Gasteiger partial charge is 0.481 e. The van der Waals surface area contributed by atoms with E-state index >= 15 is 0 Å². The second kappa shape index (κ2) is 8.73. The number of carbonyl (C=O) groups excluding carboxylic acids is 1. The number of nitrogens with zero attached hydrogens (tertiary/aromatic N) is 1. The van der Waals surface area contributed by atoms with Gasteiger partial charge in [-0.2, -0.15) is 0 Å². The summed E-state index contributed by atoms with van der Waals surface area (Å²) in [6.07, 6.45) is 0.246. The molecule has 1 aromatic rings. The second-order valence-corrected chi connectivity index (χ2v) is 5.53. The van der Waals surface area contributed by atoms with Gasteiger partial charge in [-0.3, -0.25) is 9.59 Å². The molecule has 0 saturated heterocycles. The third kappa shape index (κ3) is 5.63. The monoisotopic (exact) mass is 328 g/mol. The van der Waals surface area contributed by atoms with Crippen LogP contribution in [-0.4, -0.2) is 54.7 Å². The summed E-state index contributed by atoms with van der Waals surface area (Å²) in [5.74, 6) is -1.32. The molecular formula is C15H21ClN2O4. The number of rotatable bonds is 8. The highest BCUT2D eigenvalue weighted by Gasteiger charge is 2.26. The molecule has 0 spiro atoms. The van der Waals surface area contributed by atoms with Crippen molar-refractivity contribution in [3.05, 3.63) is 34.9 Å². The van der Waals surface area contributed by atoms with Crippen LogP contribution in [-0.2, 0) is 20.7 Å². The summed E-state index contributed by atoms with van der Waals surface area (Å²) in [4.78, 5) is 24.7. The Morgan fingerprint density at radius 1 is 1.36 bits per heavy atom. The number of hydrogen-bond donors (Lipinski definition) is 2. The van der Waals surface area contributed by atoms with Gasteiger partial charge in [-0.25, -0.2) is 0 Å². The number of likely N-dealkylation sites (N-methyl/N-ethyl adjacent to an activating group) is 1. The average molecular weight is 329 g/mol. The number of methoxy groups -OCH3 is 1. The zero-order valence-electron chi connectivity index (χ0n) is 12.7. The first-order valence-corrected chi connectivity index (χ1v) is 7.20. The van der Waals surface area contributed by atoms with Gasteiger partial charge in [0.25, 0.3) is 0 Å². The molecule has 2 atom stereocenters. The van der Waals surface area contributed by atoms with Crippen LogP contribution in [0.3, 0.4) is 0 Å². The number of hydrogen-bond acceptors (Lipinski definition) is 4. The predicted molar refractivity (Wildman–Crippen MR) is 83.8 cm³/mol. The molecule has 0 aliphatic rings. The van der Waals surface area contributed by atoms with Crippen LogP contribution < -0.4 is 5.73 Å². The Kier molecular flexibility index (Phi) is 7.31. The van der Waals surface area contributed by atoms with Crippen molar-refractivity contribution in [2.24, 2.45) is 5.73 Å². The first-order valence-electron chi connectivity index (χ1n) is 6.82. The number of nitrogens with two attached hydrogens (primary N) is 1. The zero-order chi connectivity index (χ0) is 16.7. The van der Waals surface area contributed by atoms with Crippen LogP contribution in [0, 0.1) is 0 Å². The zero-order valence-corrected chi connectivity index (χ0v) is 13.4. The fourth-order valence-electron chi connectivity index (χ4n) is 2.13. The van der Waals surface area contributed by atoms with Crippen molar-refractivity contribution >= 4 is 23.5 Å². The molecule has 0 unspecified atom stereocenters. The van der Waals surface area contributed by atoms with Crippen LogP contribution in [0.4, 0.5) is 0 Å². The van der Waals surface area contributed by atoms with Crippen molar-refractivity contribution in [2.75, 3.05) is 20.8 Å². The number of carbonyl (C=O) groups is 2. The first-order chi connectivity index (χ1) is 10.3. The summed E-state index contributed by atoms with van der Waals surface area (Å²) >= 11 is 5.83. The lowest BCUT2D eigenvalue weighted by molar-refractivity contribution is -0.140. The van der Waals surface area contributed by atoms with Gasteiger partial charge < -0.3 is 20.5 Å². The lowest BCUT2D eigenvalue weighted by atomic mass is 10.0. The Bertz CT molecular complexity index is 507. The SMILES string of the molecule is COC[C@H](N)C(=O)N(C)[C@H](CC(=O)O)Cc1ccc(Cl)cc1. The number of ether oxygens (including phenoxy) is 1. The minimum absolute atomic E-state index is 0.0872. The number of carboxylic acid groups (broad SMARTS) is 1. The van der Waals surface area contributed by atoms with E-state index in [1.165, 1.54) is 12.0 Å². The van der Waals surface area contributed by atoms with E-state index in [2.05, 4.69) is 0 Å². The van der Waals surface area contributed by atoms with Gasteiger partial charge in [0, 0.05) is 25.2 Å². The van der Waals surface area contributed by atoms with Crippen LogP contribution >= 0.6 is 11.6 Å². The van der Waals surface area contributed by atoms with Gasteiger partial charge in [0.1, 0.15) is 6.04 Å². The van der Waals surface area contributed by atoms with Gasteiger partial charge in [-0.05, 0) is 24.1 Å². The number of halogens is 1. The predicted octanol–water partition coefficient (Wildman–Crippen LogP) is 1.16. The standard InChI is InChI=1S/C15H21ClN2O4/c1-18(15(21)13(17)9-22-2)12(8-14(19)20)7-10-3-5-11(16)6-4-10/h3-6,12-13H,7-9,17H2,1-2H3,(H,19,20)/t12-,13-/m0/s1. The molecule has 22 heavy (non-hydrogen) atoms. The van der Waals surface area contributed by atoms with Crippen LogP contribution in [0.5, 0.6) is 0 Å². The van der Waals surface area contributed by atoms with Crippen molar-refractivity contribution in [3.63, 3.8) is 0 Å². The second-order valence-electron chi connectivity index (χ2n) is 5.09. The molecule has 0 aliphatic carbocycles. The number of amides is 1. The maximum absolute atomic E-state index is 12.2. The van der Waals surface area contributed by atoms with Gasteiger partial charge in [-0.15, -0.1) is 0 Å². The summed E-state index contributed by atoms with van der Waals surface area (Å²) < 4.78 is 4.86. The fourth-order valence-corrected chi connectivity index (χ4v) is 2.26. The van der Waals surface area contributed by atoms with Crippen LogP contribution in [0.25, 0.3) is 0 Å². The van der Waals surface area contributed by atoms with E-state index in [9.17, 15) is 9.59 Å². The molecule has 1 rings (SSSR count). The van der Waals surface area contributed by atoms with Gasteiger partial charge in [0.05, 0.1) is 13.0 Å². The highest BCUT2D eigenvalue weighted by molar-refractivity contribution is 6.30. The van der Waals surface area contributed by atoms with E-state index in [4.69, 9.17) is 27.2 Å². The van der Waals surface area contributed by atoms with E-state index in [0.717, 1.165) is 5.56 Å². The molecular weight excluding hydrogens is 308 g/mol. The Balaban J connectivity index is 2.84. The molecule has 3 N–H and O–H groups in total. The van der Waals surface area contributed by atoms with E-state index in [1.54, 1.807) is 19.2 Å². The van der Waals surface area contributed by atoms with Gasteiger partial charge in [0.15, 0.2) is 0 Å². The summed E-state index contributed by atoms with van der Waals surface area (Å²) in [7, 11) is 3.01. The molecule has 0 aromatic heterocycles. The molecule has 122 valence electrons. The van der Waals surface area contributed by atoms with E-state index in [0.29, 0.717) is 11.4 Å². The third-order valence-corrected chi connectivity index (χ3v) is 3.61. The molecule has 6 nitrogen and oxygen atoms in total. The molecule has 1 aromatic carbocycles. The minimum Gasteiger partial charge on any atom is -0.481 e. The highest BCUT2D eigenvalue weighted by Crippen LogP contribution is 2.15. The molecule has 0 bridgehead atoms. The molecule has 7 heteroatoms. The smallest absolute Gasteiger partial charge is 0.305 e. The van der Waals surface area contributed by atoms with E-state index < -0.39 is 18.1 Å². The molecule has 0 fully saturated rings.